The van der Waals surface area contributed by atoms with Gasteiger partial charge in [0.2, 0.25) is 5.91 Å². The lowest BCUT2D eigenvalue weighted by atomic mass is 9.79. The molecule has 0 unspecified atom stereocenters. The third kappa shape index (κ3) is 1.99. The molecule has 2 bridgehead atoms. The highest BCUT2D eigenvalue weighted by molar-refractivity contribution is 5.95. The summed E-state index contributed by atoms with van der Waals surface area (Å²) in [5.74, 6) is -1.09. The summed E-state index contributed by atoms with van der Waals surface area (Å²) < 4.78 is 1.69. The number of amides is 1. The Bertz CT molecular complexity index is 547. The molecule has 1 aromatic rings. The fourth-order valence-corrected chi connectivity index (χ4v) is 3.86. The predicted molar refractivity (Wildman–Crippen MR) is 72.0 cm³/mol. The number of nitrogens with one attached hydrogen (secondary N) is 1. The Hall–Kier alpha value is -1.85. The Morgan fingerprint density at radius 1 is 1.35 bits per heavy atom. The van der Waals surface area contributed by atoms with Crippen molar-refractivity contribution in [2.75, 3.05) is 5.32 Å². The first-order valence-corrected chi connectivity index (χ1v) is 7.01. The zero-order valence-corrected chi connectivity index (χ0v) is 11.7. The maximum Gasteiger partial charge on any atom is 0.307 e. The zero-order chi connectivity index (χ0) is 14.4. The van der Waals surface area contributed by atoms with E-state index in [9.17, 15) is 14.7 Å². The highest BCUT2D eigenvalue weighted by Crippen LogP contribution is 2.52. The van der Waals surface area contributed by atoms with Gasteiger partial charge in [-0.1, -0.05) is 0 Å². The second-order valence-electron chi connectivity index (χ2n) is 6.01. The lowest BCUT2D eigenvalue weighted by molar-refractivity contribution is -0.148. The van der Waals surface area contributed by atoms with Crippen molar-refractivity contribution in [1.29, 1.82) is 0 Å². The lowest BCUT2D eigenvalue weighted by Crippen LogP contribution is -2.37. The van der Waals surface area contributed by atoms with Crippen LogP contribution in [0.25, 0.3) is 0 Å². The largest absolute Gasteiger partial charge is 0.481 e. The molecule has 6 nitrogen and oxygen atoms in total. The number of carbonyl (C=O) groups is 2. The molecule has 20 heavy (non-hydrogen) atoms. The second-order valence-corrected chi connectivity index (χ2v) is 6.01. The minimum atomic E-state index is -0.838. The van der Waals surface area contributed by atoms with Gasteiger partial charge in [0, 0.05) is 18.8 Å². The number of nitrogens with zero attached hydrogens (tertiary/aromatic N) is 2. The van der Waals surface area contributed by atoms with E-state index in [1.165, 1.54) is 0 Å². The standard InChI is InChI=1S/C14H19N3O3/c1-7-5-10(16-17(7)2)15-13(18)11-8-3-4-9(6-8)12(11)14(19)20/h5,8-9,11-12H,3-4,6H2,1-2H3,(H,19,20)(H,15,16,18)/t8-,9+,11+,12+/m1/s1. The van der Waals surface area contributed by atoms with E-state index >= 15 is 0 Å². The number of hydrogen-bond acceptors (Lipinski definition) is 3. The van der Waals surface area contributed by atoms with Gasteiger partial charge < -0.3 is 10.4 Å². The smallest absolute Gasteiger partial charge is 0.307 e. The number of carboxylic acids is 1. The summed E-state index contributed by atoms with van der Waals surface area (Å²) in [5, 5.41) is 16.3. The van der Waals surface area contributed by atoms with E-state index in [1.54, 1.807) is 10.7 Å². The highest BCUT2D eigenvalue weighted by Gasteiger charge is 2.54. The predicted octanol–water partition coefficient (Wildman–Crippen LogP) is 1.41. The van der Waals surface area contributed by atoms with Crippen molar-refractivity contribution < 1.29 is 14.7 Å². The van der Waals surface area contributed by atoms with Crippen LogP contribution in [0.1, 0.15) is 25.0 Å². The normalized spacial score (nSPS) is 31.5. The first kappa shape index (κ1) is 13.1. The van der Waals surface area contributed by atoms with E-state index in [0.29, 0.717) is 5.82 Å². The van der Waals surface area contributed by atoms with Crippen LogP contribution in [-0.2, 0) is 16.6 Å². The van der Waals surface area contributed by atoms with Crippen molar-refractivity contribution in [2.45, 2.75) is 26.2 Å². The van der Waals surface area contributed by atoms with E-state index < -0.39 is 17.8 Å². The third-order valence-electron chi connectivity index (χ3n) is 4.87. The van der Waals surface area contributed by atoms with Crippen LogP contribution in [0.4, 0.5) is 5.82 Å². The molecule has 1 aromatic heterocycles. The van der Waals surface area contributed by atoms with Crippen LogP contribution in [0.2, 0.25) is 0 Å². The molecule has 0 saturated heterocycles. The van der Waals surface area contributed by atoms with Gasteiger partial charge in [-0.3, -0.25) is 14.3 Å². The number of anilines is 1. The lowest BCUT2D eigenvalue weighted by Gasteiger charge is -2.26. The van der Waals surface area contributed by atoms with Crippen LogP contribution in [-0.4, -0.2) is 26.8 Å². The van der Waals surface area contributed by atoms with Gasteiger partial charge in [-0.2, -0.15) is 5.10 Å². The van der Waals surface area contributed by atoms with Crippen LogP contribution in [0.15, 0.2) is 6.07 Å². The number of fused-ring (bicyclic) bond motifs is 2. The van der Waals surface area contributed by atoms with Crippen LogP contribution in [0.5, 0.6) is 0 Å². The highest BCUT2D eigenvalue weighted by atomic mass is 16.4. The van der Waals surface area contributed by atoms with Gasteiger partial charge in [-0.15, -0.1) is 0 Å². The van der Waals surface area contributed by atoms with Gasteiger partial charge in [-0.05, 0) is 38.0 Å². The fraction of sp³-hybridized carbons (Fsp3) is 0.643. The number of carboxylic acid groups (broad SMARTS) is 1. The van der Waals surface area contributed by atoms with Crippen LogP contribution < -0.4 is 5.32 Å². The summed E-state index contributed by atoms with van der Waals surface area (Å²) in [7, 11) is 1.81. The zero-order valence-electron chi connectivity index (χ0n) is 11.7. The molecule has 0 radical (unpaired) electrons. The average molecular weight is 277 g/mol. The molecule has 0 spiro atoms. The molecule has 2 saturated carbocycles. The number of carbonyl (C=O) groups excluding carboxylic acids is 1. The Kier molecular flexibility index (Phi) is 3.03. The number of aromatic nitrogens is 2. The minimum absolute atomic E-state index is 0.165. The minimum Gasteiger partial charge on any atom is -0.481 e. The summed E-state index contributed by atoms with van der Waals surface area (Å²) in [6, 6.07) is 1.79. The summed E-state index contributed by atoms with van der Waals surface area (Å²) in [6.45, 7) is 1.90. The van der Waals surface area contributed by atoms with E-state index in [0.717, 1.165) is 25.0 Å². The number of rotatable bonds is 3. The summed E-state index contributed by atoms with van der Waals surface area (Å²) in [5.41, 5.74) is 0.947. The molecule has 4 atom stereocenters. The Labute approximate surface area is 117 Å². The molecular formula is C14H19N3O3. The fourth-order valence-electron chi connectivity index (χ4n) is 3.86. The van der Waals surface area contributed by atoms with Gasteiger partial charge >= 0.3 is 5.97 Å². The SMILES string of the molecule is Cc1cc(NC(=O)[C@H]2[C@@H]3CC[C@@H](C3)[C@@H]2C(=O)O)nn1C. The molecule has 6 heteroatoms. The van der Waals surface area contributed by atoms with Crippen molar-refractivity contribution in [3.8, 4) is 0 Å². The number of aliphatic carboxylic acids is 1. The van der Waals surface area contributed by atoms with Crippen molar-refractivity contribution in [1.82, 2.24) is 9.78 Å². The molecule has 2 aliphatic rings. The van der Waals surface area contributed by atoms with E-state index in [1.807, 2.05) is 14.0 Å². The third-order valence-corrected chi connectivity index (χ3v) is 4.87. The van der Waals surface area contributed by atoms with Crippen LogP contribution in [0.3, 0.4) is 0 Å². The molecule has 1 heterocycles. The van der Waals surface area contributed by atoms with Crippen molar-refractivity contribution in [3.63, 3.8) is 0 Å². The molecule has 2 fully saturated rings. The summed E-state index contributed by atoms with van der Waals surface area (Å²) in [6.07, 6.45) is 2.78. The van der Waals surface area contributed by atoms with E-state index in [4.69, 9.17) is 0 Å². The second kappa shape index (κ2) is 4.61. The maximum absolute atomic E-state index is 12.4. The summed E-state index contributed by atoms with van der Waals surface area (Å²) in [4.78, 5) is 23.8. The quantitative estimate of drug-likeness (QED) is 0.875. The first-order chi connectivity index (χ1) is 9.47. The van der Waals surface area contributed by atoms with Gasteiger partial charge in [-0.25, -0.2) is 0 Å². The van der Waals surface area contributed by atoms with Crippen molar-refractivity contribution >= 4 is 17.7 Å². The molecule has 0 aliphatic heterocycles. The molecule has 1 amide bonds. The molecule has 3 rings (SSSR count). The van der Waals surface area contributed by atoms with Gasteiger partial charge in [0.05, 0.1) is 11.8 Å². The molecule has 0 aromatic carbocycles. The molecule has 2 aliphatic carbocycles. The van der Waals surface area contributed by atoms with Crippen molar-refractivity contribution in [2.24, 2.45) is 30.7 Å². The van der Waals surface area contributed by atoms with Gasteiger partial charge in [0.1, 0.15) is 0 Å². The van der Waals surface area contributed by atoms with E-state index in [-0.39, 0.29) is 17.7 Å². The molecule has 108 valence electrons. The maximum atomic E-state index is 12.4. The van der Waals surface area contributed by atoms with Crippen LogP contribution in [0, 0.1) is 30.6 Å². The first-order valence-electron chi connectivity index (χ1n) is 7.01. The Balaban J connectivity index is 1.77. The average Bonchev–Trinajstić information content (AvgIpc) is 3.04. The van der Waals surface area contributed by atoms with Crippen LogP contribution >= 0.6 is 0 Å². The van der Waals surface area contributed by atoms with Crippen molar-refractivity contribution in [3.05, 3.63) is 11.8 Å². The Morgan fingerprint density at radius 3 is 2.55 bits per heavy atom. The molecule has 2 N–H and O–H groups in total. The Morgan fingerprint density at radius 2 is 2.00 bits per heavy atom. The topological polar surface area (TPSA) is 84.2 Å². The van der Waals surface area contributed by atoms with E-state index in [2.05, 4.69) is 10.4 Å². The van der Waals surface area contributed by atoms with Gasteiger partial charge in [0.15, 0.2) is 5.82 Å². The monoisotopic (exact) mass is 277 g/mol. The number of hydrogen-bond donors (Lipinski definition) is 2. The van der Waals surface area contributed by atoms with Gasteiger partial charge in [0.25, 0.3) is 0 Å². The molecular weight excluding hydrogens is 258 g/mol. The summed E-state index contributed by atoms with van der Waals surface area (Å²) >= 11 is 0. The number of aryl methyl sites for hydroxylation is 2.